The van der Waals surface area contributed by atoms with Crippen LogP contribution in [0.1, 0.15) is 49.9 Å². The van der Waals surface area contributed by atoms with Gasteiger partial charge in [-0.1, -0.05) is 258 Å². The van der Waals surface area contributed by atoms with Crippen LogP contribution in [0.4, 0.5) is 34.1 Å². The fraction of sp³-hybridized carbons (Fsp3) is 0.0698. The van der Waals surface area contributed by atoms with Crippen molar-refractivity contribution in [3.63, 3.8) is 0 Å². The fourth-order valence-corrected chi connectivity index (χ4v) is 14.3. The molecule has 14 aromatic carbocycles. The molecule has 2 nitrogen and oxygen atoms in total. The molecule has 0 amide bonds. The van der Waals surface area contributed by atoms with E-state index in [0.29, 0.717) is 0 Å². The van der Waals surface area contributed by atoms with E-state index in [-0.39, 0.29) is 10.8 Å². The fourth-order valence-electron chi connectivity index (χ4n) is 14.3. The van der Waals surface area contributed by atoms with Gasteiger partial charge in [0.1, 0.15) is 0 Å². The van der Waals surface area contributed by atoms with E-state index in [2.05, 4.69) is 353 Å². The number of hydrogen-bond donors (Lipinski definition) is 0. The van der Waals surface area contributed by atoms with Gasteiger partial charge in [-0.05, 0) is 201 Å². The van der Waals surface area contributed by atoms with E-state index in [1.807, 2.05) is 0 Å². The van der Waals surface area contributed by atoms with Gasteiger partial charge >= 0.3 is 0 Å². The first-order valence-corrected chi connectivity index (χ1v) is 30.8. The van der Waals surface area contributed by atoms with Crippen molar-refractivity contribution in [2.24, 2.45) is 0 Å². The van der Waals surface area contributed by atoms with Crippen LogP contribution in [-0.4, -0.2) is 0 Å². The first-order valence-electron chi connectivity index (χ1n) is 30.8. The van der Waals surface area contributed by atoms with Crippen LogP contribution in [0.3, 0.4) is 0 Å². The number of nitrogens with zero attached hydrogens (tertiary/aromatic N) is 2. The molecule has 0 atom stereocenters. The van der Waals surface area contributed by atoms with Crippen molar-refractivity contribution in [1.82, 2.24) is 0 Å². The number of para-hydroxylation sites is 1. The molecule has 0 radical (unpaired) electrons. The molecule has 2 heteroatoms. The largest absolute Gasteiger partial charge is 0.310 e. The molecule has 2 aliphatic carbocycles. The maximum atomic E-state index is 2.45. The van der Waals surface area contributed by atoms with Gasteiger partial charge in [0.15, 0.2) is 0 Å². The lowest BCUT2D eigenvalue weighted by atomic mass is 9.81. The summed E-state index contributed by atoms with van der Waals surface area (Å²) in [7, 11) is 0. The molecule has 0 unspecified atom stereocenters. The Morgan fingerprint density at radius 2 is 0.534 bits per heavy atom. The van der Waals surface area contributed by atoms with Gasteiger partial charge in [0.25, 0.3) is 0 Å². The summed E-state index contributed by atoms with van der Waals surface area (Å²) in [5, 5.41) is 4.81. The maximum Gasteiger partial charge on any atom is 0.0540 e. The molecular weight excluding hydrogens is 1060 g/mol. The average Bonchev–Trinajstić information content (AvgIpc) is 1.73. The maximum absolute atomic E-state index is 2.45. The molecule has 0 N–H and O–H groups in total. The van der Waals surface area contributed by atoms with E-state index >= 15 is 0 Å². The van der Waals surface area contributed by atoms with Gasteiger partial charge in [-0.3, -0.25) is 0 Å². The van der Waals surface area contributed by atoms with Crippen LogP contribution in [0.2, 0.25) is 0 Å². The normalized spacial score (nSPS) is 13.2. The molecule has 16 rings (SSSR count). The highest BCUT2D eigenvalue weighted by Gasteiger charge is 2.38. The van der Waals surface area contributed by atoms with Gasteiger partial charge in [-0.15, -0.1) is 0 Å². The lowest BCUT2D eigenvalue weighted by molar-refractivity contribution is 0.660. The first kappa shape index (κ1) is 52.7. The predicted octanol–water partition coefficient (Wildman–Crippen LogP) is 23.9. The van der Waals surface area contributed by atoms with Crippen molar-refractivity contribution >= 4 is 55.7 Å². The predicted molar refractivity (Wildman–Crippen MR) is 373 cm³/mol. The highest BCUT2D eigenvalue weighted by Crippen LogP contribution is 2.54. The van der Waals surface area contributed by atoms with Crippen LogP contribution in [0.15, 0.2) is 315 Å². The minimum atomic E-state index is -0.221. The molecular formula is C86H64N2. The second-order valence-corrected chi connectivity index (χ2v) is 24.9. The van der Waals surface area contributed by atoms with Crippen LogP contribution >= 0.6 is 0 Å². The zero-order valence-corrected chi connectivity index (χ0v) is 49.9. The van der Waals surface area contributed by atoms with Crippen molar-refractivity contribution in [3.8, 4) is 77.9 Å². The number of fused-ring (bicyclic) bond motifs is 8. The third-order valence-corrected chi connectivity index (χ3v) is 19.0. The molecule has 0 heterocycles. The monoisotopic (exact) mass is 1120 g/mol. The van der Waals surface area contributed by atoms with Crippen molar-refractivity contribution < 1.29 is 0 Å². The molecule has 418 valence electrons. The van der Waals surface area contributed by atoms with Crippen molar-refractivity contribution in [2.45, 2.75) is 38.5 Å². The van der Waals surface area contributed by atoms with Gasteiger partial charge in [0.05, 0.1) is 5.69 Å². The molecule has 88 heavy (non-hydrogen) atoms. The van der Waals surface area contributed by atoms with Gasteiger partial charge in [0.2, 0.25) is 0 Å². The number of anilines is 6. The topological polar surface area (TPSA) is 6.48 Å². The highest BCUT2D eigenvalue weighted by molar-refractivity contribution is 6.00. The van der Waals surface area contributed by atoms with Gasteiger partial charge in [0, 0.05) is 44.7 Å². The van der Waals surface area contributed by atoms with Crippen molar-refractivity contribution in [2.75, 3.05) is 9.80 Å². The Morgan fingerprint density at radius 3 is 1.08 bits per heavy atom. The minimum Gasteiger partial charge on any atom is -0.310 e. The van der Waals surface area contributed by atoms with E-state index in [1.165, 1.54) is 122 Å². The minimum absolute atomic E-state index is 0.203. The van der Waals surface area contributed by atoms with E-state index in [4.69, 9.17) is 0 Å². The molecule has 0 spiro atoms. The third kappa shape index (κ3) is 9.02. The van der Waals surface area contributed by atoms with Crippen molar-refractivity contribution in [3.05, 3.63) is 338 Å². The van der Waals surface area contributed by atoms with Crippen LogP contribution in [0.25, 0.3) is 99.4 Å². The number of benzene rings is 14. The Balaban J connectivity index is 0.696. The summed E-state index contributed by atoms with van der Waals surface area (Å²) in [5.74, 6) is 0. The second kappa shape index (κ2) is 21.0. The SMILES string of the molecule is CC1(C)c2cc(-c3ccc(-c4ccccc4)cc3)ccc2-c2ccc(N(c3ccccc3)c3ccc4cc(-c5ccc(N(c6ccc7c(c6)C(C)(C)c6cc(-c8ccc(-c9ccccc9)cc8)ccc6-7)c6cccc7ccccc67)cc5)ccc4c3)cc21. The summed E-state index contributed by atoms with van der Waals surface area (Å²) in [4.78, 5) is 4.87. The van der Waals surface area contributed by atoms with E-state index < -0.39 is 0 Å². The average molecular weight is 1130 g/mol. The lowest BCUT2D eigenvalue weighted by Gasteiger charge is -2.29. The first-order chi connectivity index (χ1) is 43.1. The van der Waals surface area contributed by atoms with E-state index in [0.717, 1.165) is 34.1 Å². The summed E-state index contributed by atoms with van der Waals surface area (Å²) in [6.07, 6.45) is 0. The Kier molecular flexibility index (Phi) is 12.6. The smallest absolute Gasteiger partial charge is 0.0540 e. The van der Waals surface area contributed by atoms with Crippen LogP contribution in [-0.2, 0) is 10.8 Å². The quantitative estimate of drug-likeness (QED) is 0.127. The second-order valence-electron chi connectivity index (χ2n) is 24.9. The van der Waals surface area contributed by atoms with Gasteiger partial charge in [-0.25, -0.2) is 0 Å². The lowest BCUT2D eigenvalue weighted by Crippen LogP contribution is -2.16. The van der Waals surface area contributed by atoms with E-state index in [9.17, 15) is 0 Å². The van der Waals surface area contributed by atoms with Crippen molar-refractivity contribution in [1.29, 1.82) is 0 Å². The molecule has 14 aromatic rings. The Morgan fingerprint density at radius 1 is 0.205 bits per heavy atom. The molecule has 0 aliphatic heterocycles. The summed E-state index contributed by atoms with van der Waals surface area (Å²) >= 11 is 0. The standard InChI is InChI=1S/C86H64N2/c1-85(2)80-53-68(61-31-27-59(28-32-61)57-17-8-5-9-18-57)40-47-76(80)78-49-45-73(55-82(78)85)87(70-23-12-7-13-24-70)72-44-39-66-51-65(35-36-67(66)52-72)63-37-42-71(43-38-63)88(84-26-16-22-64-21-14-15-25-75(64)84)74-46-50-79-77-48-41-69(54-81(77)86(3,4)83(79)56-74)62-33-29-60(30-34-62)58-19-10-6-11-20-58/h5-56H,1-4H3. The van der Waals surface area contributed by atoms with E-state index in [1.54, 1.807) is 0 Å². The summed E-state index contributed by atoms with van der Waals surface area (Å²) in [6, 6.07) is 117. The van der Waals surface area contributed by atoms with Gasteiger partial charge < -0.3 is 9.80 Å². The van der Waals surface area contributed by atoms with Crippen LogP contribution < -0.4 is 9.80 Å². The number of rotatable bonds is 11. The number of hydrogen-bond acceptors (Lipinski definition) is 2. The Labute approximate surface area is 516 Å². The zero-order chi connectivity index (χ0) is 59.1. The molecule has 0 bridgehead atoms. The van der Waals surface area contributed by atoms with Crippen LogP contribution in [0, 0.1) is 0 Å². The summed E-state index contributed by atoms with van der Waals surface area (Å²) in [5.41, 5.74) is 29.2. The molecule has 0 fully saturated rings. The highest BCUT2D eigenvalue weighted by atomic mass is 15.1. The molecule has 0 saturated carbocycles. The van der Waals surface area contributed by atoms with Crippen LogP contribution in [0.5, 0.6) is 0 Å². The third-order valence-electron chi connectivity index (χ3n) is 19.0. The molecule has 0 saturated heterocycles. The summed E-state index contributed by atoms with van der Waals surface area (Å²) < 4.78 is 0. The summed E-state index contributed by atoms with van der Waals surface area (Å²) in [6.45, 7) is 9.55. The Bertz CT molecular complexity index is 4980. The van der Waals surface area contributed by atoms with Gasteiger partial charge in [-0.2, -0.15) is 0 Å². The zero-order valence-electron chi connectivity index (χ0n) is 49.9. The molecule has 2 aliphatic rings. The molecule has 0 aromatic heterocycles. The Hall–Kier alpha value is -10.8.